The Morgan fingerprint density at radius 3 is 2.42 bits per heavy atom. The number of anilines is 1. The Morgan fingerprint density at radius 1 is 1.00 bits per heavy atom. The minimum absolute atomic E-state index is 0.00903. The van der Waals surface area contributed by atoms with Crippen LogP contribution in [0.25, 0.3) is 0 Å². The van der Waals surface area contributed by atoms with E-state index in [2.05, 4.69) is 10.6 Å². The molecular weight excluding hydrogens is 236 g/mol. The average molecular weight is 254 g/mol. The van der Waals surface area contributed by atoms with Crippen LogP contribution in [0.2, 0.25) is 0 Å². The monoisotopic (exact) mass is 254 g/mol. The summed E-state index contributed by atoms with van der Waals surface area (Å²) in [4.78, 5) is 12.0. The van der Waals surface area contributed by atoms with Crippen LogP contribution in [0.3, 0.4) is 0 Å². The number of para-hydroxylation sites is 1. The number of carbonyl (C=O) groups is 1. The van der Waals surface area contributed by atoms with E-state index in [0.29, 0.717) is 6.42 Å². The highest BCUT2D eigenvalue weighted by molar-refractivity contribution is 5.92. The van der Waals surface area contributed by atoms with Crippen molar-refractivity contribution in [3.8, 4) is 0 Å². The third kappa shape index (κ3) is 3.93. The minimum Gasteiger partial charge on any atom is -0.325 e. The van der Waals surface area contributed by atoms with Crippen molar-refractivity contribution in [1.29, 1.82) is 0 Å². The zero-order chi connectivity index (χ0) is 13.5. The van der Waals surface area contributed by atoms with Crippen molar-refractivity contribution >= 4 is 11.6 Å². The van der Waals surface area contributed by atoms with Crippen LogP contribution < -0.4 is 10.6 Å². The van der Waals surface area contributed by atoms with Gasteiger partial charge in [0.2, 0.25) is 5.91 Å². The molecule has 98 valence electrons. The molecule has 2 rings (SSSR count). The normalized spacial score (nSPS) is 10.2. The zero-order valence-electron chi connectivity index (χ0n) is 11.0. The van der Waals surface area contributed by atoms with Gasteiger partial charge in [0.1, 0.15) is 0 Å². The summed E-state index contributed by atoms with van der Waals surface area (Å²) in [6.45, 7) is 0.738. The number of benzene rings is 2. The highest BCUT2D eigenvalue weighted by Gasteiger charge is 2.06. The summed E-state index contributed by atoms with van der Waals surface area (Å²) in [5, 5.41) is 6.06. The van der Waals surface area contributed by atoms with Crippen LogP contribution in [0.4, 0.5) is 5.69 Å². The second kappa shape index (κ2) is 6.71. The maximum atomic E-state index is 12.0. The molecule has 0 atom stereocenters. The fourth-order valence-corrected chi connectivity index (χ4v) is 1.96. The highest BCUT2D eigenvalue weighted by Crippen LogP contribution is 2.15. The van der Waals surface area contributed by atoms with Crippen LogP contribution in [0.5, 0.6) is 0 Å². The maximum absolute atomic E-state index is 12.0. The van der Waals surface area contributed by atoms with E-state index in [4.69, 9.17) is 0 Å². The summed E-state index contributed by atoms with van der Waals surface area (Å²) >= 11 is 0. The first-order chi connectivity index (χ1) is 9.29. The van der Waals surface area contributed by atoms with Crippen molar-refractivity contribution in [3.63, 3.8) is 0 Å². The maximum Gasteiger partial charge on any atom is 0.228 e. The molecule has 2 aromatic rings. The SMILES string of the molecule is CNCc1ccccc1NC(=O)Cc1ccccc1. The number of nitrogens with one attached hydrogen (secondary N) is 2. The molecule has 0 aliphatic rings. The van der Waals surface area contributed by atoms with Gasteiger partial charge in [-0.15, -0.1) is 0 Å². The number of hydrogen-bond acceptors (Lipinski definition) is 2. The Labute approximate surface area is 113 Å². The van der Waals surface area contributed by atoms with Crippen molar-refractivity contribution in [3.05, 3.63) is 65.7 Å². The molecule has 0 aliphatic carbocycles. The van der Waals surface area contributed by atoms with Crippen LogP contribution in [0, 0.1) is 0 Å². The number of rotatable bonds is 5. The smallest absolute Gasteiger partial charge is 0.228 e. The van der Waals surface area contributed by atoms with E-state index in [9.17, 15) is 4.79 Å². The molecule has 0 saturated heterocycles. The van der Waals surface area contributed by atoms with E-state index >= 15 is 0 Å². The molecule has 3 heteroatoms. The Balaban J connectivity index is 2.03. The molecule has 2 N–H and O–H groups in total. The summed E-state index contributed by atoms with van der Waals surface area (Å²) < 4.78 is 0. The van der Waals surface area contributed by atoms with Gasteiger partial charge in [-0.1, -0.05) is 48.5 Å². The van der Waals surface area contributed by atoms with E-state index in [-0.39, 0.29) is 5.91 Å². The van der Waals surface area contributed by atoms with Gasteiger partial charge in [-0.2, -0.15) is 0 Å². The van der Waals surface area contributed by atoms with Crippen LogP contribution in [0.1, 0.15) is 11.1 Å². The van der Waals surface area contributed by atoms with Crippen LogP contribution in [-0.4, -0.2) is 13.0 Å². The predicted octanol–water partition coefficient (Wildman–Crippen LogP) is 2.59. The number of hydrogen-bond donors (Lipinski definition) is 2. The number of amides is 1. The molecule has 1 amide bonds. The lowest BCUT2D eigenvalue weighted by Gasteiger charge is -2.10. The lowest BCUT2D eigenvalue weighted by atomic mass is 10.1. The van der Waals surface area contributed by atoms with E-state index in [0.717, 1.165) is 23.4 Å². The summed E-state index contributed by atoms with van der Waals surface area (Å²) in [6, 6.07) is 17.6. The van der Waals surface area contributed by atoms with Gasteiger partial charge in [-0.25, -0.2) is 0 Å². The lowest BCUT2D eigenvalue weighted by Crippen LogP contribution is -2.17. The summed E-state index contributed by atoms with van der Waals surface area (Å²) in [6.07, 6.45) is 0.398. The summed E-state index contributed by atoms with van der Waals surface area (Å²) in [5.74, 6) is 0.00903. The molecule has 0 aliphatic heterocycles. The quantitative estimate of drug-likeness (QED) is 0.861. The average Bonchev–Trinajstić information content (AvgIpc) is 2.42. The van der Waals surface area contributed by atoms with Crippen molar-refractivity contribution < 1.29 is 4.79 Å². The first-order valence-corrected chi connectivity index (χ1v) is 6.36. The first-order valence-electron chi connectivity index (χ1n) is 6.36. The third-order valence-corrected chi connectivity index (χ3v) is 2.87. The zero-order valence-corrected chi connectivity index (χ0v) is 11.0. The van der Waals surface area contributed by atoms with E-state index in [1.54, 1.807) is 0 Å². The molecule has 0 aromatic heterocycles. The Kier molecular flexibility index (Phi) is 4.70. The van der Waals surface area contributed by atoms with Gasteiger partial charge >= 0.3 is 0 Å². The second-order valence-corrected chi connectivity index (χ2v) is 4.40. The van der Waals surface area contributed by atoms with Gasteiger partial charge in [0.05, 0.1) is 6.42 Å². The van der Waals surface area contributed by atoms with Gasteiger partial charge in [0.25, 0.3) is 0 Å². The summed E-state index contributed by atoms with van der Waals surface area (Å²) in [7, 11) is 1.89. The molecule has 19 heavy (non-hydrogen) atoms. The fraction of sp³-hybridized carbons (Fsp3) is 0.188. The first kappa shape index (κ1) is 13.3. The van der Waals surface area contributed by atoms with Crippen molar-refractivity contribution in [2.75, 3.05) is 12.4 Å². The number of carbonyl (C=O) groups excluding carboxylic acids is 1. The Morgan fingerprint density at radius 2 is 1.68 bits per heavy atom. The topological polar surface area (TPSA) is 41.1 Å². The van der Waals surface area contributed by atoms with E-state index < -0.39 is 0 Å². The van der Waals surface area contributed by atoms with Gasteiger partial charge < -0.3 is 10.6 Å². The molecule has 0 saturated carbocycles. The van der Waals surface area contributed by atoms with Gasteiger partial charge in [0, 0.05) is 12.2 Å². The molecule has 3 nitrogen and oxygen atoms in total. The molecule has 0 bridgehead atoms. The Hall–Kier alpha value is -2.13. The van der Waals surface area contributed by atoms with Crippen molar-refractivity contribution in [2.45, 2.75) is 13.0 Å². The highest BCUT2D eigenvalue weighted by atomic mass is 16.1. The van der Waals surface area contributed by atoms with Crippen molar-refractivity contribution in [1.82, 2.24) is 5.32 Å². The molecule has 0 fully saturated rings. The molecule has 2 aromatic carbocycles. The largest absolute Gasteiger partial charge is 0.325 e. The lowest BCUT2D eigenvalue weighted by molar-refractivity contribution is -0.115. The molecule has 0 unspecified atom stereocenters. The van der Waals surface area contributed by atoms with Crippen molar-refractivity contribution in [2.24, 2.45) is 0 Å². The second-order valence-electron chi connectivity index (χ2n) is 4.40. The molecule has 0 radical (unpaired) electrons. The molecule has 0 heterocycles. The summed E-state index contributed by atoms with van der Waals surface area (Å²) in [5.41, 5.74) is 2.98. The van der Waals surface area contributed by atoms with E-state index in [1.165, 1.54) is 0 Å². The Bertz CT molecular complexity index is 537. The van der Waals surface area contributed by atoms with Crippen LogP contribution in [-0.2, 0) is 17.8 Å². The van der Waals surface area contributed by atoms with Gasteiger partial charge in [0.15, 0.2) is 0 Å². The van der Waals surface area contributed by atoms with Gasteiger partial charge in [-0.3, -0.25) is 4.79 Å². The van der Waals surface area contributed by atoms with E-state index in [1.807, 2.05) is 61.6 Å². The predicted molar refractivity (Wildman–Crippen MR) is 78.0 cm³/mol. The van der Waals surface area contributed by atoms with Crippen LogP contribution >= 0.6 is 0 Å². The fourth-order valence-electron chi connectivity index (χ4n) is 1.96. The standard InChI is InChI=1S/C16H18N2O/c1-17-12-14-9-5-6-10-15(14)18-16(19)11-13-7-3-2-4-8-13/h2-10,17H,11-12H2,1H3,(H,18,19). The van der Waals surface area contributed by atoms with Crippen LogP contribution in [0.15, 0.2) is 54.6 Å². The minimum atomic E-state index is 0.00903. The molecule has 0 spiro atoms. The third-order valence-electron chi connectivity index (χ3n) is 2.87. The molecular formula is C16H18N2O. The van der Waals surface area contributed by atoms with Gasteiger partial charge in [-0.05, 0) is 24.2 Å².